The third-order valence-electron chi connectivity index (χ3n) is 5.21. The van der Waals surface area contributed by atoms with Crippen molar-refractivity contribution in [1.29, 1.82) is 0 Å². The number of aryl methyl sites for hydroxylation is 1. The van der Waals surface area contributed by atoms with Crippen LogP contribution < -0.4 is 10.1 Å². The van der Waals surface area contributed by atoms with Crippen LogP contribution in [0.4, 0.5) is 13.2 Å². The maximum absolute atomic E-state index is 12.7. The van der Waals surface area contributed by atoms with Crippen LogP contribution in [0.3, 0.4) is 0 Å². The van der Waals surface area contributed by atoms with Crippen molar-refractivity contribution in [3.05, 3.63) is 76.9 Å². The van der Waals surface area contributed by atoms with Gasteiger partial charge < -0.3 is 19.7 Å². The van der Waals surface area contributed by atoms with E-state index >= 15 is 0 Å². The summed E-state index contributed by atoms with van der Waals surface area (Å²) in [6.45, 7) is 3.83. The Labute approximate surface area is 197 Å². The molecule has 0 saturated heterocycles. The van der Waals surface area contributed by atoms with E-state index in [1.54, 1.807) is 24.3 Å². The van der Waals surface area contributed by atoms with Crippen molar-refractivity contribution in [1.82, 2.24) is 15.5 Å². The van der Waals surface area contributed by atoms with E-state index in [-0.39, 0.29) is 6.42 Å². The van der Waals surface area contributed by atoms with Gasteiger partial charge in [0.2, 0.25) is 0 Å². The number of carbonyl (C=O) groups excluding carboxylic acids is 1. The van der Waals surface area contributed by atoms with Crippen LogP contribution in [0.2, 0.25) is 5.02 Å². The Hall–Kier alpha value is -3.37. The van der Waals surface area contributed by atoms with Gasteiger partial charge in [0.25, 0.3) is 5.91 Å². The predicted molar refractivity (Wildman–Crippen MR) is 116 cm³/mol. The van der Waals surface area contributed by atoms with E-state index in [4.69, 9.17) is 20.9 Å². The zero-order valence-electron chi connectivity index (χ0n) is 17.6. The smallest absolute Gasteiger partial charge is 0.433 e. The first-order valence-corrected chi connectivity index (χ1v) is 10.6. The number of aromatic nitrogens is 2. The van der Waals surface area contributed by atoms with E-state index in [1.807, 2.05) is 0 Å². The van der Waals surface area contributed by atoms with Crippen molar-refractivity contribution in [2.24, 2.45) is 0 Å². The average molecular weight is 494 g/mol. The van der Waals surface area contributed by atoms with Crippen LogP contribution in [0, 0.1) is 0 Å². The number of rotatable bonds is 6. The molecule has 1 amide bonds. The van der Waals surface area contributed by atoms with Crippen molar-refractivity contribution in [3.8, 4) is 17.0 Å². The molecule has 11 heteroatoms. The molecule has 3 heterocycles. The van der Waals surface area contributed by atoms with Crippen molar-refractivity contribution >= 4 is 17.5 Å². The number of nitrogens with zero attached hydrogens (tertiary/aromatic N) is 2. The lowest BCUT2D eigenvalue weighted by Crippen LogP contribution is -2.41. The molecule has 0 fully saturated rings. The Morgan fingerprint density at radius 1 is 1.26 bits per heavy atom. The third-order valence-corrected chi connectivity index (χ3v) is 5.45. The minimum absolute atomic E-state index is 0.0685. The highest BCUT2D eigenvalue weighted by Gasteiger charge is 2.33. The van der Waals surface area contributed by atoms with Gasteiger partial charge in [-0.15, -0.1) is 0 Å². The molecular formula is C23H19ClF3N3O4. The highest BCUT2D eigenvalue weighted by molar-refractivity contribution is 6.30. The summed E-state index contributed by atoms with van der Waals surface area (Å²) in [5, 5.41) is 17.3. The number of pyridine rings is 1. The van der Waals surface area contributed by atoms with Gasteiger partial charge in [0.1, 0.15) is 22.9 Å². The molecule has 0 unspecified atom stereocenters. The first-order valence-electron chi connectivity index (χ1n) is 10.2. The highest BCUT2D eigenvalue weighted by Crippen LogP contribution is 2.36. The molecule has 7 nitrogen and oxygen atoms in total. The summed E-state index contributed by atoms with van der Waals surface area (Å²) >= 11 is 5.94. The Balaban J connectivity index is 1.30. The number of allylic oxidation sites excluding steroid dienone is 1. The van der Waals surface area contributed by atoms with Gasteiger partial charge in [-0.2, -0.15) is 13.2 Å². The number of hydrogen-bond acceptors (Lipinski definition) is 6. The largest absolute Gasteiger partial charge is 0.480 e. The van der Waals surface area contributed by atoms with Gasteiger partial charge in [-0.1, -0.05) is 23.3 Å². The molecule has 0 saturated carbocycles. The topological polar surface area (TPSA) is 97.5 Å². The molecule has 2 aromatic heterocycles. The second kappa shape index (κ2) is 9.47. The molecule has 4 rings (SSSR count). The minimum Gasteiger partial charge on any atom is -0.480 e. The number of aliphatic hydroxyl groups is 1. The molecule has 0 radical (unpaired) electrons. The number of benzene rings is 1. The fourth-order valence-electron chi connectivity index (χ4n) is 3.45. The van der Waals surface area contributed by atoms with Crippen molar-refractivity contribution in [2.45, 2.75) is 37.6 Å². The summed E-state index contributed by atoms with van der Waals surface area (Å²) in [7, 11) is 0. The van der Waals surface area contributed by atoms with E-state index < -0.39 is 30.0 Å². The predicted octanol–water partition coefficient (Wildman–Crippen LogP) is 4.86. The highest BCUT2D eigenvalue weighted by atomic mass is 35.5. The fourth-order valence-corrected chi connectivity index (χ4v) is 3.63. The number of hydrogen-bond donors (Lipinski definition) is 2. The fraction of sp³-hybridized carbons (Fsp3) is 0.261. The van der Waals surface area contributed by atoms with E-state index in [9.17, 15) is 23.1 Å². The Bertz CT molecular complexity index is 1210. The van der Waals surface area contributed by atoms with Crippen LogP contribution in [-0.4, -0.2) is 27.3 Å². The molecule has 1 aliphatic rings. The number of fused-ring (bicyclic) bond motifs is 1. The maximum Gasteiger partial charge on any atom is 0.433 e. The van der Waals surface area contributed by atoms with Gasteiger partial charge in [-0.3, -0.25) is 9.78 Å². The second-order valence-electron chi connectivity index (χ2n) is 7.74. The Morgan fingerprint density at radius 2 is 2.06 bits per heavy atom. The third kappa shape index (κ3) is 5.40. The normalized spacial score (nSPS) is 17.6. The number of carbonyl (C=O) groups is 1. The molecule has 0 aliphatic carbocycles. The molecule has 34 heavy (non-hydrogen) atoms. The molecule has 0 bridgehead atoms. The number of nitrogens with one attached hydrogen (secondary N) is 1. The number of halogens is 4. The van der Waals surface area contributed by atoms with Gasteiger partial charge in [0, 0.05) is 47.0 Å². The maximum atomic E-state index is 12.7. The SMILES string of the molecule is C=C(CCc1cc(-c2ccc(C(F)(F)F)nc2)no1)NC(=O)[C@@H]1C[C@@H](O)c2cc(Cl)ccc2O1. The average Bonchev–Trinajstić information content (AvgIpc) is 3.26. The Morgan fingerprint density at radius 3 is 2.76 bits per heavy atom. The van der Waals surface area contributed by atoms with Crippen molar-refractivity contribution in [2.75, 3.05) is 0 Å². The van der Waals surface area contributed by atoms with Gasteiger partial charge in [-0.25, -0.2) is 0 Å². The molecule has 1 aromatic carbocycles. The van der Waals surface area contributed by atoms with Crippen LogP contribution in [0.5, 0.6) is 5.75 Å². The van der Waals surface area contributed by atoms with E-state index in [0.29, 0.717) is 51.9 Å². The lowest BCUT2D eigenvalue weighted by molar-refractivity contribution is -0.141. The molecule has 2 N–H and O–H groups in total. The summed E-state index contributed by atoms with van der Waals surface area (Å²) in [6, 6.07) is 8.53. The van der Waals surface area contributed by atoms with Crippen LogP contribution >= 0.6 is 11.6 Å². The van der Waals surface area contributed by atoms with Crippen molar-refractivity contribution < 1.29 is 32.3 Å². The number of ether oxygens (including phenoxy) is 1. The molecule has 3 aromatic rings. The molecular weight excluding hydrogens is 475 g/mol. The van der Waals surface area contributed by atoms with Crippen LogP contribution in [-0.2, 0) is 17.4 Å². The summed E-state index contributed by atoms with van der Waals surface area (Å²) in [4.78, 5) is 16.0. The molecule has 2 atom stereocenters. The number of aliphatic hydroxyl groups excluding tert-OH is 1. The summed E-state index contributed by atoms with van der Waals surface area (Å²) in [5.74, 6) is 0.403. The summed E-state index contributed by atoms with van der Waals surface area (Å²) < 4.78 is 48.9. The lowest BCUT2D eigenvalue weighted by Gasteiger charge is -2.29. The first-order chi connectivity index (χ1) is 16.1. The minimum atomic E-state index is -4.52. The van der Waals surface area contributed by atoms with Crippen LogP contribution in [0.25, 0.3) is 11.3 Å². The zero-order valence-corrected chi connectivity index (χ0v) is 18.4. The zero-order chi connectivity index (χ0) is 24.5. The Kier molecular flexibility index (Phi) is 6.63. The van der Waals surface area contributed by atoms with Gasteiger partial charge in [-0.05, 0) is 36.8 Å². The van der Waals surface area contributed by atoms with Crippen molar-refractivity contribution in [3.63, 3.8) is 0 Å². The van der Waals surface area contributed by atoms with Gasteiger partial charge >= 0.3 is 6.18 Å². The monoisotopic (exact) mass is 493 g/mol. The van der Waals surface area contributed by atoms with Crippen LogP contribution in [0.1, 0.15) is 36.0 Å². The molecule has 0 spiro atoms. The first kappa shape index (κ1) is 23.8. The van der Waals surface area contributed by atoms with E-state index in [1.165, 1.54) is 6.07 Å². The number of alkyl halides is 3. The quantitative estimate of drug-likeness (QED) is 0.509. The molecule has 178 valence electrons. The van der Waals surface area contributed by atoms with Gasteiger partial charge in [0.15, 0.2) is 6.10 Å². The summed E-state index contributed by atoms with van der Waals surface area (Å²) in [5.41, 5.74) is 0.659. The van der Waals surface area contributed by atoms with E-state index in [2.05, 4.69) is 22.0 Å². The second-order valence-corrected chi connectivity index (χ2v) is 8.18. The number of amides is 1. The standard InChI is InChI=1S/C23H19ClF3N3O4/c1-12(29-22(32)20-10-18(31)16-8-14(24)4-6-19(16)33-20)2-5-15-9-17(30-34-15)13-3-7-21(28-11-13)23(25,26)27/h3-4,6-9,11,18,20,31H,1-2,5,10H2,(H,29,32)/t18-,20+/m1/s1. The lowest BCUT2D eigenvalue weighted by atomic mass is 9.98. The summed E-state index contributed by atoms with van der Waals surface area (Å²) in [6.07, 6.45) is -4.49. The molecule has 1 aliphatic heterocycles. The van der Waals surface area contributed by atoms with E-state index in [0.717, 1.165) is 12.3 Å². The van der Waals surface area contributed by atoms with Crippen LogP contribution in [0.15, 0.2) is 59.4 Å². The van der Waals surface area contributed by atoms with Gasteiger partial charge in [0.05, 0.1) is 6.10 Å².